The summed E-state index contributed by atoms with van der Waals surface area (Å²) in [6.45, 7) is 10.1. The molecule has 3 N–H and O–H groups in total. The molecule has 4 saturated carbocycles. The van der Waals surface area contributed by atoms with E-state index in [-0.39, 0.29) is 0 Å². The number of ether oxygens (including phenoxy) is 1. The van der Waals surface area contributed by atoms with Gasteiger partial charge >= 0.3 is 0 Å². The fraction of sp³-hybridized carbons (Fsp3) is 0.818. The van der Waals surface area contributed by atoms with Gasteiger partial charge in [0.2, 0.25) is 0 Å². The molecule has 4 aliphatic carbocycles. The van der Waals surface area contributed by atoms with Gasteiger partial charge in [-0.2, -0.15) is 0 Å². The van der Waals surface area contributed by atoms with E-state index in [4.69, 9.17) is 10.5 Å². The number of fused-ring (bicyclic) bond motifs is 3. The van der Waals surface area contributed by atoms with Crippen LogP contribution in [0.2, 0.25) is 0 Å². The first-order valence-corrected chi connectivity index (χ1v) is 15.5. The Morgan fingerprint density at radius 2 is 1.86 bits per heavy atom. The van der Waals surface area contributed by atoms with Gasteiger partial charge in [0, 0.05) is 12.7 Å². The van der Waals surface area contributed by atoms with Gasteiger partial charge in [-0.3, -0.25) is 0 Å². The molecule has 1 aromatic carbocycles. The van der Waals surface area contributed by atoms with E-state index in [1.165, 1.54) is 83.5 Å². The van der Waals surface area contributed by atoms with Crippen LogP contribution in [0.1, 0.15) is 111 Å². The Bertz CT molecular complexity index is 898. The molecule has 2 bridgehead atoms. The van der Waals surface area contributed by atoms with Crippen LogP contribution in [0.25, 0.3) is 0 Å². The van der Waals surface area contributed by atoms with E-state index in [0.29, 0.717) is 16.9 Å². The zero-order valence-electron chi connectivity index (χ0n) is 24.0. The maximum atomic E-state index is 6.63. The predicted octanol–water partition coefficient (Wildman–Crippen LogP) is 8.93. The van der Waals surface area contributed by atoms with E-state index in [2.05, 4.69) is 39.1 Å². The van der Waals surface area contributed by atoms with Crippen LogP contribution in [0.3, 0.4) is 0 Å². The average Bonchev–Trinajstić information content (AvgIpc) is 3.16. The summed E-state index contributed by atoms with van der Waals surface area (Å²) in [5, 5.41) is 3.28. The first-order chi connectivity index (χ1) is 17.2. The molecular weight excluding hydrogens is 440 g/mol. The highest BCUT2D eigenvalue weighted by atomic mass is 16.5. The molecule has 0 aliphatic heterocycles. The minimum atomic E-state index is 0.347. The Labute approximate surface area is 221 Å². The molecule has 8 unspecified atom stereocenters. The summed E-state index contributed by atoms with van der Waals surface area (Å²) in [6, 6.07) is 6.02. The molecule has 1 spiro atoms. The monoisotopic (exact) mass is 494 g/mol. The number of benzene rings is 1. The second-order valence-corrected chi connectivity index (χ2v) is 14.2. The molecule has 3 nitrogen and oxygen atoms in total. The van der Waals surface area contributed by atoms with Gasteiger partial charge in [0.1, 0.15) is 5.75 Å². The largest absolute Gasteiger partial charge is 0.488 e. The van der Waals surface area contributed by atoms with Crippen molar-refractivity contribution in [2.45, 2.75) is 117 Å². The molecule has 4 aliphatic rings. The summed E-state index contributed by atoms with van der Waals surface area (Å²) in [6.07, 6.45) is 18.9. The van der Waals surface area contributed by atoms with E-state index < -0.39 is 0 Å². The molecule has 4 fully saturated rings. The summed E-state index contributed by atoms with van der Waals surface area (Å²) in [4.78, 5) is 0. The quantitative estimate of drug-likeness (QED) is 0.355. The summed E-state index contributed by atoms with van der Waals surface area (Å²) in [7, 11) is 1.96. The number of nitrogens with two attached hydrogens (primary N) is 1. The van der Waals surface area contributed by atoms with Crippen molar-refractivity contribution in [2.75, 3.05) is 18.1 Å². The maximum Gasteiger partial charge on any atom is 0.142 e. The molecule has 3 heteroatoms. The second kappa shape index (κ2) is 10.4. The molecular formula is C33H54N2O. The van der Waals surface area contributed by atoms with Crippen molar-refractivity contribution in [1.82, 2.24) is 0 Å². The SMILES string of the molecule is CNc1cc(N)ccc1OC1CCC23CCC4(C)C(C(C)CCCC(C)C)CCC4C(CCC2C1)C3. The van der Waals surface area contributed by atoms with Crippen molar-refractivity contribution < 1.29 is 4.74 Å². The third kappa shape index (κ3) is 4.90. The normalized spacial score (nSPS) is 38.7. The van der Waals surface area contributed by atoms with Crippen molar-refractivity contribution >= 4 is 11.4 Å². The number of rotatable bonds is 8. The lowest BCUT2D eigenvalue weighted by atomic mass is 9.55. The van der Waals surface area contributed by atoms with Gasteiger partial charge in [0.05, 0.1) is 11.8 Å². The fourth-order valence-corrected chi connectivity index (χ4v) is 9.92. The first kappa shape index (κ1) is 26.2. The molecule has 0 saturated heterocycles. The van der Waals surface area contributed by atoms with Gasteiger partial charge in [-0.15, -0.1) is 0 Å². The third-order valence-electron chi connectivity index (χ3n) is 11.8. The van der Waals surface area contributed by atoms with Gasteiger partial charge in [-0.1, -0.05) is 47.0 Å². The Kier molecular flexibility index (Phi) is 7.59. The fourth-order valence-electron chi connectivity index (χ4n) is 9.92. The van der Waals surface area contributed by atoms with Crippen LogP contribution in [-0.4, -0.2) is 13.2 Å². The van der Waals surface area contributed by atoms with Gasteiger partial charge < -0.3 is 15.8 Å². The molecule has 36 heavy (non-hydrogen) atoms. The smallest absolute Gasteiger partial charge is 0.142 e. The topological polar surface area (TPSA) is 47.3 Å². The Morgan fingerprint density at radius 1 is 1.03 bits per heavy atom. The number of hydrogen-bond acceptors (Lipinski definition) is 3. The van der Waals surface area contributed by atoms with Crippen molar-refractivity contribution in [1.29, 1.82) is 0 Å². The molecule has 0 amide bonds. The van der Waals surface area contributed by atoms with E-state index in [0.717, 1.165) is 52.6 Å². The molecule has 8 atom stereocenters. The molecule has 202 valence electrons. The predicted molar refractivity (Wildman–Crippen MR) is 153 cm³/mol. The summed E-state index contributed by atoms with van der Waals surface area (Å²) in [5.41, 5.74) is 8.99. The molecule has 0 aromatic heterocycles. The highest BCUT2D eigenvalue weighted by Gasteiger charge is 2.58. The maximum absolute atomic E-state index is 6.63. The number of anilines is 2. The van der Waals surface area contributed by atoms with Crippen LogP contribution in [0.15, 0.2) is 18.2 Å². The molecule has 1 aromatic rings. The second-order valence-electron chi connectivity index (χ2n) is 14.2. The number of nitrogens with one attached hydrogen (secondary N) is 1. The lowest BCUT2D eigenvalue weighted by Gasteiger charge is -2.51. The van der Waals surface area contributed by atoms with E-state index in [9.17, 15) is 0 Å². The Hall–Kier alpha value is -1.38. The van der Waals surface area contributed by atoms with E-state index >= 15 is 0 Å². The summed E-state index contributed by atoms with van der Waals surface area (Å²) in [5.74, 6) is 6.48. The summed E-state index contributed by atoms with van der Waals surface area (Å²) < 4.78 is 6.63. The van der Waals surface area contributed by atoms with Crippen LogP contribution in [0.4, 0.5) is 11.4 Å². The van der Waals surface area contributed by atoms with Gasteiger partial charge in [-0.05, 0) is 129 Å². The van der Waals surface area contributed by atoms with Crippen molar-refractivity contribution in [3.63, 3.8) is 0 Å². The third-order valence-corrected chi connectivity index (χ3v) is 11.8. The highest BCUT2D eigenvalue weighted by molar-refractivity contribution is 5.63. The number of nitrogen functional groups attached to an aromatic ring is 1. The van der Waals surface area contributed by atoms with Crippen LogP contribution < -0.4 is 15.8 Å². The highest BCUT2D eigenvalue weighted by Crippen LogP contribution is 2.67. The van der Waals surface area contributed by atoms with Gasteiger partial charge in [-0.25, -0.2) is 0 Å². The van der Waals surface area contributed by atoms with Crippen molar-refractivity contribution in [2.24, 2.45) is 46.3 Å². The zero-order valence-corrected chi connectivity index (χ0v) is 24.0. The van der Waals surface area contributed by atoms with Crippen LogP contribution >= 0.6 is 0 Å². The standard InChI is InChI=1S/C33H54N2O/c1-22(2)7-6-8-23(3)28-12-13-29-24-9-10-25-19-27(36-31-14-11-26(34)20-30(31)35-5)15-16-33(25,21-24)18-17-32(28,29)4/h11,14,20,22-25,27-29,35H,6-10,12-13,15-19,21,34H2,1-5H3. The first-order valence-electron chi connectivity index (χ1n) is 15.5. The lowest BCUT2D eigenvalue weighted by Crippen LogP contribution is -2.44. The van der Waals surface area contributed by atoms with Crippen molar-refractivity contribution in [3.8, 4) is 5.75 Å². The van der Waals surface area contributed by atoms with Crippen LogP contribution in [0, 0.1) is 46.3 Å². The van der Waals surface area contributed by atoms with E-state index in [1.54, 1.807) is 0 Å². The Balaban J connectivity index is 1.26. The minimum absolute atomic E-state index is 0.347. The average molecular weight is 495 g/mol. The minimum Gasteiger partial charge on any atom is -0.488 e. The van der Waals surface area contributed by atoms with Gasteiger partial charge in [0.25, 0.3) is 0 Å². The zero-order chi connectivity index (χ0) is 25.5. The van der Waals surface area contributed by atoms with Crippen molar-refractivity contribution in [3.05, 3.63) is 18.2 Å². The van der Waals surface area contributed by atoms with Crippen LogP contribution in [-0.2, 0) is 0 Å². The lowest BCUT2D eigenvalue weighted by molar-refractivity contribution is -0.0336. The number of hydrogen-bond donors (Lipinski definition) is 2. The molecule has 5 rings (SSSR count). The van der Waals surface area contributed by atoms with Crippen LogP contribution in [0.5, 0.6) is 5.75 Å². The van der Waals surface area contributed by atoms with E-state index in [1.807, 2.05) is 19.2 Å². The molecule has 0 heterocycles. The summed E-state index contributed by atoms with van der Waals surface area (Å²) >= 11 is 0. The Morgan fingerprint density at radius 3 is 2.64 bits per heavy atom. The van der Waals surface area contributed by atoms with Gasteiger partial charge in [0.15, 0.2) is 0 Å². The molecule has 0 radical (unpaired) electrons.